The van der Waals surface area contributed by atoms with Gasteiger partial charge < -0.3 is 5.32 Å². The van der Waals surface area contributed by atoms with Crippen LogP contribution in [0.5, 0.6) is 0 Å². The molecule has 1 aromatic carbocycles. The summed E-state index contributed by atoms with van der Waals surface area (Å²) in [5.74, 6) is 0.651. The normalized spacial score (nSPS) is 16.5. The second-order valence-electron chi connectivity index (χ2n) is 5.16. The molecular weight excluding hydrogens is 257 g/mol. The van der Waals surface area contributed by atoms with Gasteiger partial charge in [0.25, 0.3) is 0 Å². The van der Waals surface area contributed by atoms with Crippen molar-refractivity contribution >= 4 is 11.3 Å². The number of thiophene rings is 1. The lowest BCUT2D eigenvalue weighted by atomic mass is 10.1. The minimum absolute atomic E-state index is 0.161. The van der Waals surface area contributed by atoms with Gasteiger partial charge in [-0.25, -0.2) is 4.39 Å². The molecule has 100 valence electrons. The van der Waals surface area contributed by atoms with Crippen LogP contribution in [-0.4, -0.2) is 6.54 Å². The molecule has 1 fully saturated rings. The van der Waals surface area contributed by atoms with Gasteiger partial charge in [0.1, 0.15) is 5.82 Å². The highest BCUT2D eigenvalue weighted by molar-refractivity contribution is 7.10. The molecule has 1 N–H and O–H groups in total. The fourth-order valence-corrected chi connectivity index (χ4v) is 3.31. The number of nitrogens with one attached hydrogen (secondary N) is 1. The van der Waals surface area contributed by atoms with Crippen LogP contribution >= 0.6 is 11.3 Å². The lowest BCUT2D eigenvalue weighted by Crippen LogP contribution is -2.24. The molecule has 0 spiro atoms. The van der Waals surface area contributed by atoms with E-state index in [9.17, 15) is 4.39 Å². The smallest absolute Gasteiger partial charge is 0.123 e. The standard InChI is InChI=1S/C16H18FNS/c17-14-7-3-12(4-8-14)9-10-18-16(13-5-6-13)15-2-1-11-19-15/h1-4,7-8,11,13,16,18H,5-6,9-10H2. The summed E-state index contributed by atoms with van der Waals surface area (Å²) >= 11 is 1.84. The zero-order chi connectivity index (χ0) is 13.1. The predicted octanol–water partition coefficient (Wildman–Crippen LogP) is 4.17. The Bertz CT molecular complexity index is 502. The molecule has 1 aliphatic rings. The van der Waals surface area contributed by atoms with Crippen molar-refractivity contribution in [3.8, 4) is 0 Å². The van der Waals surface area contributed by atoms with Crippen LogP contribution in [0.4, 0.5) is 4.39 Å². The second-order valence-corrected chi connectivity index (χ2v) is 6.14. The van der Waals surface area contributed by atoms with E-state index in [2.05, 4.69) is 22.8 Å². The van der Waals surface area contributed by atoms with Gasteiger partial charge in [-0.05, 0) is 60.9 Å². The van der Waals surface area contributed by atoms with Crippen LogP contribution in [0, 0.1) is 11.7 Å². The number of halogens is 1. The molecular formula is C16H18FNS. The Labute approximate surface area is 117 Å². The van der Waals surface area contributed by atoms with E-state index in [0.717, 1.165) is 18.9 Å². The molecule has 1 heterocycles. The summed E-state index contributed by atoms with van der Waals surface area (Å²) in [6.07, 6.45) is 3.63. The molecule has 0 amide bonds. The van der Waals surface area contributed by atoms with Crippen molar-refractivity contribution in [1.82, 2.24) is 5.32 Å². The summed E-state index contributed by atoms with van der Waals surface area (Å²) in [5.41, 5.74) is 1.19. The molecule has 0 saturated heterocycles. The van der Waals surface area contributed by atoms with Crippen molar-refractivity contribution in [2.45, 2.75) is 25.3 Å². The third-order valence-electron chi connectivity index (χ3n) is 3.63. The van der Waals surface area contributed by atoms with Gasteiger partial charge in [-0.2, -0.15) is 0 Å². The van der Waals surface area contributed by atoms with E-state index in [1.165, 1.54) is 35.4 Å². The molecule has 1 atom stereocenters. The van der Waals surface area contributed by atoms with E-state index in [0.29, 0.717) is 6.04 Å². The number of rotatable bonds is 6. The largest absolute Gasteiger partial charge is 0.309 e. The first-order valence-corrected chi connectivity index (χ1v) is 7.72. The first-order chi connectivity index (χ1) is 9.33. The van der Waals surface area contributed by atoms with E-state index in [4.69, 9.17) is 0 Å². The van der Waals surface area contributed by atoms with Crippen LogP contribution in [0.25, 0.3) is 0 Å². The molecule has 2 aromatic rings. The van der Waals surface area contributed by atoms with Gasteiger partial charge >= 0.3 is 0 Å². The summed E-state index contributed by atoms with van der Waals surface area (Å²) in [5, 5.41) is 5.81. The molecule has 1 saturated carbocycles. The average molecular weight is 275 g/mol. The molecule has 3 heteroatoms. The zero-order valence-corrected chi connectivity index (χ0v) is 11.6. The van der Waals surface area contributed by atoms with Crippen LogP contribution in [0.2, 0.25) is 0 Å². The molecule has 3 rings (SSSR count). The Morgan fingerprint density at radius 1 is 1.21 bits per heavy atom. The highest BCUT2D eigenvalue weighted by Gasteiger charge is 2.32. The van der Waals surface area contributed by atoms with Gasteiger partial charge in [0.05, 0.1) is 0 Å². The van der Waals surface area contributed by atoms with E-state index >= 15 is 0 Å². The summed E-state index contributed by atoms with van der Waals surface area (Å²) in [6.45, 7) is 0.949. The number of hydrogen-bond donors (Lipinski definition) is 1. The molecule has 1 aliphatic carbocycles. The Hall–Kier alpha value is -1.19. The third kappa shape index (κ3) is 3.43. The third-order valence-corrected chi connectivity index (χ3v) is 4.59. The molecule has 1 aromatic heterocycles. The molecule has 0 bridgehead atoms. The van der Waals surface area contributed by atoms with Crippen LogP contribution < -0.4 is 5.32 Å². The fourth-order valence-electron chi connectivity index (χ4n) is 2.42. The predicted molar refractivity (Wildman–Crippen MR) is 77.9 cm³/mol. The van der Waals surface area contributed by atoms with E-state index in [1.807, 2.05) is 23.5 Å². The zero-order valence-electron chi connectivity index (χ0n) is 10.8. The molecule has 1 unspecified atom stereocenters. The lowest BCUT2D eigenvalue weighted by molar-refractivity contribution is 0.491. The Morgan fingerprint density at radius 2 is 2.00 bits per heavy atom. The highest BCUT2D eigenvalue weighted by Crippen LogP contribution is 2.42. The van der Waals surface area contributed by atoms with Gasteiger partial charge in [0.2, 0.25) is 0 Å². The summed E-state index contributed by atoms with van der Waals surface area (Å²) < 4.78 is 12.8. The van der Waals surface area contributed by atoms with E-state index in [1.54, 1.807) is 0 Å². The number of hydrogen-bond acceptors (Lipinski definition) is 2. The van der Waals surface area contributed by atoms with E-state index < -0.39 is 0 Å². The number of benzene rings is 1. The molecule has 1 nitrogen and oxygen atoms in total. The maximum Gasteiger partial charge on any atom is 0.123 e. The SMILES string of the molecule is Fc1ccc(CCNC(c2cccs2)C2CC2)cc1. The summed E-state index contributed by atoms with van der Waals surface area (Å²) in [7, 11) is 0. The van der Waals surface area contributed by atoms with Gasteiger partial charge in [0, 0.05) is 10.9 Å². The Morgan fingerprint density at radius 3 is 2.63 bits per heavy atom. The van der Waals surface area contributed by atoms with Gasteiger partial charge in [-0.3, -0.25) is 0 Å². The van der Waals surface area contributed by atoms with Crippen LogP contribution in [0.15, 0.2) is 41.8 Å². The maximum atomic E-state index is 12.8. The molecule has 0 radical (unpaired) electrons. The van der Waals surface area contributed by atoms with Gasteiger partial charge in [0.15, 0.2) is 0 Å². The summed E-state index contributed by atoms with van der Waals surface area (Å²) in [6, 6.07) is 11.7. The maximum absolute atomic E-state index is 12.8. The van der Waals surface area contributed by atoms with Gasteiger partial charge in [-0.1, -0.05) is 18.2 Å². The topological polar surface area (TPSA) is 12.0 Å². The van der Waals surface area contributed by atoms with Crippen LogP contribution in [0.1, 0.15) is 29.3 Å². The first kappa shape index (κ1) is 12.8. The van der Waals surface area contributed by atoms with Crippen molar-refractivity contribution in [2.75, 3.05) is 6.54 Å². The monoisotopic (exact) mass is 275 g/mol. The minimum Gasteiger partial charge on any atom is -0.309 e. The van der Waals surface area contributed by atoms with Crippen LogP contribution in [0.3, 0.4) is 0 Å². The van der Waals surface area contributed by atoms with Crippen molar-refractivity contribution in [3.05, 3.63) is 58.0 Å². The van der Waals surface area contributed by atoms with Crippen LogP contribution in [-0.2, 0) is 6.42 Å². The van der Waals surface area contributed by atoms with Gasteiger partial charge in [-0.15, -0.1) is 11.3 Å². The second kappa shape index (κ2) is 5.85. The molecule has 0 aliphatic heterocycles. The highest BCUT2D eigenvalue weighted by atomic mass is 32.1. The summed E-state index contributed by atoms with van der Waals surface area (Å²) in [4.78, 5) is 1.45. The van der Waals surface area contributed by atoms with Crippen molar-refractivity contribution in [1.29, 1.82) is 0 Å². The van der Waals surface area contributed by atoms with Crippen molar-refractivity contribution in [3.63, 3.8) is 0 Å². The van der Waals surface area contributed by atoms with E-state index in [-0.39, 0.29) is 5.82 Å². The fraction of sp³-hybridized carbons (Fsp3) is 0.375. The first-order valence-electron chi connectivity index (χ1n) is 6.84. The van der Waals surface area contributed by atoms with Crippen molar-refractivity contribution in [2.24, 2.45) is 5.92 Å². The lowest BCUT2D eigenvalue weighted by Gasteiger charge is -2.16. The Kier molecular flexibility index (Phi) is 3.95. The average Bonchev–Trinajstić information content (AvgIpc) is 3.11. The quantitative estimate of drug-likeness (QED) is 0.834. The van der Waals surface area contributed by atoms with Crippen molar-refractivity contribution < 1.29 is 4.39 Å². The molecule has 19 heavy (non-hydrogen) atoms. The minimum atomic E-state index is -0.161. The Balaban J connectivity index is 1.54.